The van der Waals surface area contributed by atoms with E-state index in [0.717, 1.165) is 11.0 Å². The Hall–Kier alpha value is -1.94. The first-order chi connectivity index (χ1) is 7.83. The second-order valence-electron chi connectivity index (χ2n) is 3.32. The highest BCUT2D eigenvalue weighted by Gasteiger charge is 2.06. The number of halogens is 1. The molecule has 0 fully saturated rings. The van der Waals surface area contributed by atoms with Crippen LogP contribution in [0, 0.1) is 0 Å². The van der Waals surface area contributed by atoms with Crippen LogP contribution in [0.4, 0.5) is 0 Å². The predicted molar refractivity (Wildman–Crippen MR) is 62.1 cm³/mol. The molecule has 0 radical (unpaired) electrons. The Bertz CT molecular complexity index is 633. The molecule has 0 saturated carbocycles. The molecule has 0 amide bonds. The lowest BCUT2D eigenvalue weighted by Crippen LogP contribution is -1.87. The Labute approximate surface area is 96.3 Å². The maximum atomic E-state index is 5.89. The summed E-state index contributed by atoms with van der Waals surface area (Å²) in [6.45, 7) is 0. The summed E-state index contributed by atoms with van der Waals surface area (Å²) in [5.74, 6) is 1.23. The number of aromatic nitrogens is 4. The number of rotatable bonds is 1. The van der Waals surface area contributed by atoms with Crippen LogP contribution >= 0.6 is 11.6 Å². The fraction of sp³-hybridized carbons (Fsp3) is 0. The minimum atomic E-state index is 0.579. The average molecular weight is 231 g/mol. The van der Waals surface area contributed by atoms with E-state index in [0.29, 0.717) is 16.7 Å². The molecule has 0 saturated heterocycles. The number of hydrogen-bond donors (Lipinski definition) is 1. The fourth-order valence-corrected chi connectivity index (χ4v) is 1.68. The molecule has 0 bridgehead atoms. The highest BCUT2D eigenvalue weighted by atomic mass is 35.5. The lowest BCUT2D eigenvalue weighted by atomic mass is 10.3. The summed E-state index contributed by atoms with van der Waals surface area (Å²) < 4.78 is 0. The SMILES string of the molecule is Clc1ccc2nc(-c3ncccn3)[nH]c2c1. The molecule has 0 aliphatic rings. The van der Waals surface area contributed by atoms with E-state index in [1.54, 1.807) is 24.5 Å². The van der Waals surface area contributed by atoms with E-state index in [4.69, 9.17) is 11.6 Å². The number of benzene rings is 1. The molecule has 1 aromatic carbocycles. The monoisotopic (exact) mass is 230 g/mol. The molecule has 2 heterocycles. The van der Waals surface area contributed by atoms with Crippen molar-refractivity contribution in [2.75, 3.05) is 0 Å². The van der Waals surface area contributed by atoms with Gasteiger partial charge in [-0.2, -0.15) is 0 Å². The molecular formula is C11H7ClN4. The summed E-state index contributed by atoms with van der Waals surface area (Å²) in [6, 6.07) is 7.26. The Kier molecular flexibility index (Phi) is 2.08. The Balaban J connectivity index is 2.19. The van der Waals surface area contributed by atoms with Crippen LogP contribution < -0.4 is 0 Å². The molecule has 16 heavy (non-hydrogen) atoms. The molecule has 2 aromatic heterocycles. The van der Waals surface area contributed by atoms with E-state index < -0.39 is 0 Å². The van der Waals surface area contributed by atoms with Crippen molar-refractivity contribution in [2.24, 2.45) is 0 Å². The third kappa shape index (κ3) is 1.53. The number of H-pyrrole nitrogens is 1. The topological polar surface area (TPSA) is 54.5 Å². The van der Waals surface area contributed by atoms with Gasteiger partial charge in [0.25, 0.3) is 0 Å². The van der Waals surface area contributed by atoms with Crippen molar-refractivity contribution in [3.05, 3.63) is 41.7 Å². The van der Waals surface area contributed by atoms with Crippen molar-refractivity contribution in [2.45, 2.75) is 0 Å². The van der Waals surface area contributed by atoms with Gasteiger partial charge in [-0.05, 0) is 24.3 Å². The molecule has 0 aliphatic heterocycles. The number of imidazole rings is 1. The molecule has 5 heteroatoms. The second kappa shape index (κ2) is 3.57. The van der Waals surface area contributed by atoms with Crippen LogP contribution in [0.25, 0.3) is 22.7 Å². The lowest BCUT2D eigenvalue weighted by Gasteiger charge is -1.91. The zero-order valence-corrected chi connectivity index (χ0v) is 8.94. The number of hydrogen-bond acceptors (Lipinski definition) is 3. The zero-order chi connectivity index (χ0) is 11.0. The van der Waals surface area contributed by atoms with Gasteiger partial charge in [-0.3, -0.25) is 0 Å². The number of fused-ring (bicyclic) bond motifs is 1. The van der Waals surface area contributed by atoms with Crippen LogP contribution in [-0.4, -0.2) is 19.9 Å². The van der Waals surface area contributed by atoms with Crippen LogP contribution in [0.1, 0.15) is 0 Å². The van der Waals surface area contributed by atoms with Crippen LogP contribution in [0.2, 0.25) is 5.02 Å². The fourth-order valence-electron chi connectivity index (χ4n) is 1.51. The molecule has 0 unspecified atom stereocenters. The van der Waals surface area contributed by atoms with Gasteiger partial charge in [-0.15, -0.1) is 0 Å². The van der Waals surface area contributed by atoms with E-state index in [2.05, 4.69) is 19.9 Å². The minimum Gasteiger partial charge on any atom is -0.335 e. The van der Waals surface area contributed by atoms with Gasteiger partial charge in [0.1, 0.15) is 0 Å². The molecule has 3 rings (SSSR count). The van der Waals surface area contributed by atoms with Gasteiger partial charge in [-0.1, -0.05) is 11.6 Å². The standard InChI is InChI=1S/C11H7ClN4/c12-7-2-3-8-9(6-7)16-11(15-8)10-13-4-1-5-14-10/h1-6H,(H,15,16). The zero-order valence-electron chi connectivity index (χ0n) is 8.18. The van der Waals surface area contributed by atoms with Gasteiger partial charge in [0, 0.05) is 17.4 Å². The van der Waals surface area contributed by atoms with Gasteiger partial charge in [0.15, 0.2) is 11.6 Å². The van der Waals surface area contributed by atoms with Gasteiger partial charge in [0.05, 0.1) is 11.0 Å². The Morgan fingerprint density at radius 2 is 1.94 bits per heavy atom. The van der Waals surface area contributed by atoms with E-state index in [1.807, 2.05) is 12.1 Å². The van der Waals surface area contributed by atoms with Crippen molar-refractivity contribution >= 4 is 22.6 Å². The maximum absolute atomic E-state index is 5.89. The normalized spacial score (nSPS) is 10.8. The predicted octanol–water partition coefficient (Wildman–Crippen LogP) is 2.67. The number of aromatic amines is 1. The quantitative estimate of drug-likeness (QED) is 0.699. The van der Waals surface area contributed by atoms with E-state index in [9.17, 15) is 0 Å². The number of nitrogens with one attached hydrogen (secondary N) is 1. The van der Waals surface area contributed by atoms with E-state index in [1.165, 1.54) is 0 Å². The summed E-state index contributed by atoms with van der Waals surface area (Å²) in [5.41, 5.74) is 1.74. The second-order valence-corrected chi connectivity index (χ2v) is 3.76. The summed E-state index contributed by atoms with van der Waals surface area (Å²) in [6.07, 6.45) is 3.37. The maximum Gasteiger partial charge on any atom is 0.195 e. The van der Waals surface area contributed by atoms with E-state index in [-0.39, 0.29) is 0 Å². The number of nitrogens with zero attached hydrogens (tertiary/aromatic N) is 3. The van der Waals surface area contributed by atoms with Crippen LogP contribution in [0.15, 0.2) is 36.7 Å². The van der Waals surface area contributed by atoms with Gasteiger partial charge in [0.2, 0.25) is 0 Å². The third-order valence-corrected chi connectivity index (χ3v) is 2.46. The Morgan fingerprint density at radius 1 is 1.12 bits per heavy atom. The van der Waals surface area contributed by atoms with Crippen LogP contribution in [0.5, 0.6) is 0 Å². The molecule has 3 aromatic rings. The van der Waals surface area contributed by atoms with Crippen LogP contribution in [0.3, 0.4) is 0 Å². The lowest BCUT2D eigenvalue weighted by molar-refractivity contribution is 1.13. The molecule has 4 nitrogen and oxygen atoms in total. The van der Waals surface area contributed by atoms with Gasteiger partial charge >= 0.3 is 0 Å². The third-order valence-electron chi connectivity index (χ3n) is 2.22. The average Bonchev–Trinajstić information content (AvgIpc) is 2.73. The highest BCUT2D eigenvalue weighted by molar-refractivity contribution is 6.31. The van der Waals surface area contributed by atoms with Crippen molar-refractivity contribution in [3.8, 4) is 11.6 Å². The molecule has 1 N–H and O–H groups in total. The molecular weight excluding hydrogens is 224 g/mol. The van der Waals surface area contributed by atoms with Crippen molar-refractivity contribution in [1.29, 1.82) is 0 Å². The summed E-state index contributed by atoms with van der Waals surface area (Å²) >= 11 is 5.89. The van der Waals surface area contributed by atoms with Crippen molar-refractivity contribution in [3.63, 3.8) is 0 Å². The minimum absolute atomic E-state index is 0.579. The molecule has 0 atom stereocenters. The summed E-state index contributed by atoms with van der Waals surface area (Å²) in [5, 5.41) is 0.677. The van der Waals surface area contributed by atoms with Crippen molar-refractivity contribution < 1.29 is 0 Å². The van der Waals surface area contributed by atoms with Crippen LogP contribution in [-0.2, 0) is 0 Å². The highest BCUT2D eigenvalue weighted by Crippen LogP contribution is 2.20. The first kappa shape index (κ1) is 9.30. The summed E-state index contributed by atoms with van der Waals surface area (Å²) in [7, 11) is 0. The van der Waals surface area contributed by atoms with Crippen molar-refractivity contribution in [1.82, 2.24) is 19.9 Å². The molecule has 78 valence electrons. The molecule has 0 spiro atoms. The van der Waals surface area contributed by atoms with Gasteiger partial charge in [-0.25, -0.2) is 15.0 Å². The summed E-state index contributed by atoms with van der Waals surface area (Å²) in [4.78, 5) is 15.8. The Morgan fingerprint density at radius 3 is 2.75 bits per heavy atom. The molecule has 0 aliphatic carbocycles. The first-order valence-electron chi connectivity index (χ1n) is 4.75. The first-order valence-corrected chi connectivity index (χ1v) is 5.13. The van der Waals surface area contributed by atoms with E-state index >= 15 is 0 Å². The van der Waals surface area contributed by atoms with Gasteiger partial charge < -0.3 is 4.98 Å². The largest absolute Gasteiger partial charge is 0.335 e. The smallest absolute Gasteiger partial charge is 0.195 e.